The number of hydrogen-bond donors (Lipinski definition) is 2. The number of ether oxygens (including phenoxy) is 1. The first-order chi connectivity index (χ1) is 11.3. The first-order valence-electron chi connectivity index (χ1n) is 6.79. The van der Waals surface area contributed by atoms with E-state index < -0.39 is 11.8 Å². The van der Waals surface area contributed by atoms with Crippen molar-refractivity contribution in [3.8, 4) is 5.75 Å². The Kier molecular flexibility index (Phi) is 6.48. The summed E-state index contributed by atoms with van der Waals surface area (Å²) in [6, 6.07) is 9.87. The quantitative estimate of drug-likeness (QED) is 0.721. The summed E-state index contributed by atoms with van der Waals surface area (Å²) in [5.41, 5.74) is 5.81. The van der Waals surface area contributed by atoms with E-state index in [4.69, 9.17) is 27.9 Å². The van der Waals surface area contributed by atoms with Crippen LogP contribution in [-0.4, -0.2) is 18.4 Å². The molecule has 0 fully saturated rings. The van der Waals surface area contributed by atoms with E-state index in [2.05, 4.69) is 26.8 Å². The summed E-state index contributed by atoms with van der Waals surface area (Å²) in [4.78, 5) is 23.7. The van der Waals surface area contributed by atoms with Gasteiger partial charge < -0.3 is 4.74 Å². The van der Waals surface area contributed by atoms with Gasteiger partial charge in [-0.15, -0.1) is 0 Å². The fraction of sp³-hybridized carbons (Fsp3) is 0.125. The fourth-order valence-electron chi connectivity index (χ4n) is 1.79. The van der Waals surface area contributed by atoms with Gasteiger partial charge >= 0.3 is 0 Å². The van der Waals surface area contributed by atoms with Gasteiger partial charge in [0.2, 0.25) is 0 Å². The molecule has 126 valence electrons. The van der Waals surface area contributed by atoms with Gasteiger partial charge in [-0.3, -0.25) is 20.4 Å². The number of carbonyl (C=O) groups excluding carboxylic acids is 2. The van der Waals surface area contributed by atoms with Crippen molar-refractivity contribution < 1.29 is 14.3 Å². The van der Waals surface area contributed by atoms with Gasteiger partial charge in [-0.2, -0.15) is 0 Å². The van der Waals surface area contributed by atoms with Crippen molar-refractivity contribution in [1.29, 1.82) is 0 Å². The molecule has 24 heavy (non-hydrogen) atoms. The van der Waals surface area contributed by atoms with Crippen LogP contribution in [0.5, 0.6) is 5.75 Å². The van der Waals surface area contributed by atoms with Crippen molar-refractivity contribution in [1.82, 2.24) is 10.9 Å². The smallest absolute Gasteiger partial charge is 0.276 e. The molecule has 0 bridgehead atoms. The van der Waals surface area contributed by atoms with E-state index in [0.717, 1.165) is 10.0 Å². The average molecular weight is 432 g/mol. The van der Waals surface area contributed by atoms with Crippen LogP contribution >= 0.6 is 39.1 Å². The lowest BCUT2D eigenvalue weighted by atomic mass is 10.2. The molecular weight excluding hydrogens is 419 g/mol. The molecular formula is C16H13BrCl2N2O3. The van der Waals surface area contributed by atoms with Crippen molar-refractivity contribution in [2.24, 2.45) is 0 Å². The normalized spacial score (nSPS) is 10.2. The molecule has 0 saturated carbocycles. The Balaban J connectivity index is 1.85. The van der Waals surface area contributed by atoms with Crippen molar-refractivity contribution in [2.45, 2.75) is 6.92 Å². The molecule has 0 aromatic heterocycles. The highest BCUT2D eigenvalue weighted by Crippen LogP contribution is 2.25. The van der Waals surface area contributed by atoms with Gasteiger partial charge in [0, 0.05) is 15.6 Å². The van der Waals surface area contributed by atoms with Crippen molar-refractivity contribution >= 4 is 50.9 Å². The topological polar surface area (TPSA) is 67.4 Å². The van der Waals surface area contributed by atoms with Crippen LogP contribution < -0.4 is 15.6 Å². The molecule has 2 amide bonds. The first kappa shape index (κ1) is 18.6. The molecule has 0 unspecified atom stereocenters. The zero-order valence-corrected chi connectivity index (χ0v) is 15.6. The minimum Gasteiger partial charge on any atom is -0.483 e. The minimum atomic E-state index is -0.538. The van der Waals surface area contributed by atoms with E-state index in [9.17, 15) is 9.59 Å². The Morgan fingerprint density at radius 2 is 1.75 bits per heavy atom. The Morgan fingerprint density at radius 1 is 1.08 bits per heavy atom. The number of benzene rings is 2. The highest BCUT2D eigenvalue weighted by Gasteiger charge is 2.10. The van der Waals surface area contributed by atoms with E-state index in [0.29, 0.717) is 15.8 Å². The third kappa shape index (κ3) is 5.40. The van der Waals surface area contributed by atoms with Gasteiger partial charge in [0.15, 0.2) is 6.61 Å². The number of hydrazine groups is 1. The molecule has 0 spiro atoms. The summed E-state index contributed by atoms with van der Waals surface area (Å²) in [5.74, 6) is -0.517. The SMILES string of the molecule is Cc1ccc(OCC(=O)NNC(=O)c2cc(Cl)cc(Cl)c2)c(Br)c1. The molecule has 0 aliphatic carbocycles. The van der Waals surface area contributed by atoms with E-state index in [1.807, 2.05) is 19.1 Å². The van der Waals surface area contributed by atoms with Crippen LogP contribution in [0.1, 0.15) is 15.9 Å². The maximum atomic E-state index is 11.9. The van der Waals surface area contributed by atoms with E-state index in [1.54, 1.807) is 6.07 Å². The molecule has 2 aromatic rings. The lowest BCUT2D eigenvalue weighted by Gasteiger charge is -2.10. The van der Waals surface area contributed by atoms with Gasteiger partial charge in [-0.05, 0) is 58.7 Å². The second kappa shape index (κ2) is 8.37. The highest BCUT2D eigenvalue weighted by molar-refractivity contribution is 9.10. The minimum absolute atomic E-state index is 0.231. The molecule has 8 heteroatoms. The maximum Gasteiger partial charge on any atom is 0.276 e. The molecule has 0 radical (unpaired) electrons. The molecule has 0 saturated heterocycles. The number of amides is 2. The van der Waals surface area contributed by atoms with Crippen LogP contribution in [0.3, 0.4) is 0 Å². The summed E-state index contributed by atoms with van der Waals surface area (Å²) >= 11 is 15.0. The zero-order chi connectivity index (χ0) is 17.7. The Bertz CT molecular complexity index is 764. The summed E-state index contributed by atoms with van der Waals surface area (Å²) in [7, 11) is 0. The predicted molar refractivity (Wildman–Crippen MR) is 96.4 cm³/mol. The molecule has 0 atom stereocenters. The first-order valence-corrected chi connectivity index (χ1v) is 8.34. The maximum absolute atomic E-state index is 11.9. The largest absolute Gasteiger partial charge is 0.483 e. The molecule has 5 nitrogen and oxygen atoms in total. The Labute approximate surface area is 157 Å². The predicted octanol–water partition coefficient (Wildman–Crippen LogP) is 3.90. The molecule has 2 N–H and O–H groups in total. The summed E-state index contributed by atoms with van der Waals surface area (Å²) in [5, 5.41) is 0.651. The molecule has 0 aliphatic heterocycles. The van der Waals surface area contributed by atoms with Crippen LogP contribution in [0.2, 0.25) is 10.0 Å². The average Bonchev–Trinajstić information content (AvgIpc) is 2.50. The second-order valence-electron chi connectivity index (χ2n) is 4.88. The van der Waals surface area contributed by atoms with Gasteiger partial charge in [-0.1, -0.05) is 29.3 Å². The third-order valence-electron chi connectivity index (χ3n) is 2.89. The van der Waals surface area contributed by atoms with E-state index in [1.165, 1.54) is 18.2 Å². The fourth-order valence-corrected chi connectivity index (χ4v) is 2.92. The summed E-state index contributed by atoms with van der Waals surface area (Å²) in [6.07, 6.45) is 0. The van der Waals surface area contributed by atoms with Crippen LogP contribution in [0, 0.1) is 6.92 Å². The number of aryl methyl sites for hydroxylation is 1. The molecule has 2 aromatic carbocycles. The molecule has 0 aliphatic rings. The Hall–Kier alpha value is -1.76. The molecule has 2 rings (SSSR count). The van der Waals surface area contributed by atoms with Crippen LogP contribution in [-0.2, 0) is 4.79 Å². The van der Waals surface area contributed by atoms with Gasteiger partial charge in [0.05, 0.1) is 4.47 Å². The number of nitrogens with one attached hydrogen (secondary N) is 2. The van der Waals surface area contributed by atoms with E-state index in [-0.39, 0.29) is 12.2 Å². The monoisotopic (exact) mass is 430 g/mol. The van der Waals surface area contributed by atoms with Crippen molar-refractivity contribution in [2.75, 3.05) is 6.61 Å². The lowest BCUT2D eigenvalue weighted by Crippen LogP contribution is -2.43. The lowest BCUT2D eigenvalue weighted by molar-refractivity contribution is -0.123. The number of hydrogen-bond acceptors (Lipinski definition) is 3. The van der Waals surface area contributed by atoms with Crippen molar-refractivity contribution in [3.63, 3.8) is 0 Å². The number of halogens is 3. The zero-order valence-electron chi connectivity index (χ0n) is 12.5. The van der Waals surface area contributed by atoms with E-state index >= 15 is 0 Å². The Morgan fingerprint density at radius 3 is 2.38 bits per heavy atom. The third-order valence-corrected chi connectivity index (χ3v) is 3.94. The summed E-state index contributed by atoms with van der Waals surface area (Å²) < 4.78 is 6.12. The highest BCUT2D eigenvalue weighted by atomic mass is 79.9. The van der Waals surface area contributed by atoms with Crippen LogP contribution in [0.4, 0.5) is 0 Å². The molecule has 0 heterocycles. The second-order valence-corrected chi connectivity index (χ2v) is 6.61. The van der Waals surface area contributed by atoms with Gasteiger partial charge in [0.25, 0.3) is 11.8 Å². The number of carbonyl (C=O) groups is 2. The van der Waals surface area contributed by atoms with Gasteiger partial charge in [-0.25, -0.2) is 0 Å². The van der Waals surface area contributed by atoms with Gasteiger partial charge in [0.1, 0.15) is 5.75 Å². The van der Waals surface area contributed by atoms with Crippen LogP contribution in [0.25, 0.3) is 0 Å². The standard InChI is InChI=1S/C16H13BrCl2N2O3/c1-9-2-3-14(13(17)4-9)24-8-15(22)20-21-16(23)10-5-11(18)7-12(19)6-10/h2-7H,8H2,1H3,(H,20,22)(H,21,23). The summed E-state index contributed by atoms with van der Waals surface area (Å²) in [6.45, 7) is 1.69. The van der Waals surface area contributed by atoms with Crippen molar-refractivity contribution in [3.05, 3.63) is 62.0 Å². The van der Waals surface area contributed by atoms with Crippen LogP contribution in [0.15, 0.2) is 40.9 Å². The number of rotatable bonds is 4.